The van der Waals surface area contributed by atoms with Crippen molar-refractivity contribution >= 4 is 5.91 Å². The maximum absolute atomic E-state index is 12.0. The molecule has 2 N–H and O–H groups in total. The van der Waals surface area contributed by atoms with Gasteiger partial charge < -0.3 is 15.2 Å². The quantitative estimate of drug-likeness (QED) is 0.821. The molecule has 0 aromatic heterocycles. The van der Waals surface area contributed by atoms with Crippen molar-refractivity contribution in [3.63, 3.8) is 0 Å². The van der Waals surface area contributed by atoms with E-state index in [0.29, 0.717) is 19.0 Å². The minimum absolute atomic E-state index is 0.0309. The Kier molecular flexibility index (Phi) is 6.02. The Balaban J connectivity index is 1.75. The second-order valence-electron chi connectivity index (χ2n) is 5.49. The van der Waals surface area contributed by atoms with Crippen LogP contribution in [0, 0.1) is 5.92 Å². The fraction of sp³-hybridized carbons (Fsp3) is 0.562. The molecule has 1 heterocycles. The molecule has 5 nitrogen and oxygen atoms in total. The van der Waals surface area contributed by atoms with Gasteiger partial charge in [0.1, 0.15) is 5.75 Å². The number of aliphatic hydroxyl groups excluding tert-OH is 1. The van der Waals surface area contributed by atoms with E-state index < -0.39 is 0 Å². The van der Waals surface area contributed by atoms with Crippen molar-refractivity contribution < 1.29 is 14.6 Å². The summed E-state index contributed by atoms with van der Waals surface area (Å²) in [7, 11) is 1.63. The van der Waals surface area contributed by atoms with Gasteiger partial charge in [0.2, 0.25) is 5.91 Å². The van der Waals surface area contributed by atoms with Crippen LogP contribution in [-0.2, 0) is 11.3 Å². The fourth-order valence-corrected chi connectivity index (χ4v) is 2.63. The summed E-state index contributed by atoms with van der Waals surface area (Å²) in [5.74, 6) is 1.22. The molecule has 1 aromatic carbocycles. The van der Waals surface area contributed by atoms with E-state index in [9.17, 15) is 4.79 Å². The van der Waals surface area contributed by atoms with Gasteiger partial charge in [0.15, 0.2) is 0 Å². The van der Waals surface area contributed by atoms with E-state index in [1.807, 2.05) is 24.3 Å². The molecule has 1 fully saturated rings. The van der Waals surface area contributed by atoms with Crippen molar-refractivity contribution in [3.05, 3.63) is 29.8 Å². The maximum Gasteiger partial charge on any atom is 0.234 e. The van der Waals surface area contributed by atoms with E-state index in [4.69, 9.17) is 9.84 Å². The van der Waals surface area contributed by atoms with Crippen molar-refractivity contribution in [3.8, 4) is 5.75 Å². The number of benzene rings is 1. The number of amides is 1. The molecule has 0 saturated carbocycles. The van der Waals surface area contributed by atoms with Gasteiger partial charge in [0, 0.05) is 18.7 Å². The molecule has 2 rings (SSSR count). The van der Waals surface area contributed by atoms with Crippen LogP contribution in [0.1, 0.15) is 18.4 Å². The average molecular weight is 292 g/mol. The minimum atomic E-state index is 0.0309. The molecular formula is C16H24N2O3. The molecule has 0 spiro atoms. The lowest BCUT2D eigenvalue weighted by Gasteiger charge is -2.30. The Labute approximate surface area is 125 Å². The SMILES string of the molecule is COc1ccccc1CNC(=O)CN1CCC(CO)CC1. The summed E-state index contributed by atoms with van der Waals surface area (Å²) in [6.07, 6.45) is 1.94. The Bertz CT molecular complexity index is 457. The molecule has 116 valence electrons. The van der Waals surface area contributed by atoms with Gasteiger partial charge in [0.25, 0.3) is 0 Å². The number of aliphatic hydroxyl groups is 1. The van der Waals surface area contributed by atoms with Gasteiger partial charge in [0.05, 0.1) is 13.7 Å². The second-order valence-corrected chi connectivity index (χ2v) is 5.49. The smallest absolute Gasteiger partial charge is 0.234 e. The summed E-state index contributed by atoms with van der Waals surface area (Å²) in [6.45, 7) is 2.93. The monoisotopic (exact) mass is 292 g/mol. The highest BCUT2D eigenvalue weighted by Gasteiger charge is 2.20. The largest absolute Gasteiger partial charge is 0.496 e. The van der Waals surface area contributed by atoms with E-state index in [0.717, 1.165) is 37.2 Å². The van der Waals surface area contributed by atoms with E-state index in [-0.39, 0.29) is 12.5 Å². The fourth-order valence-electron chi connectivity index (χ4n) is 2.63. The third-order valence-corrected chi connectivity index (χ3v) is 4.00. The highest BCUT2D eigenvalue weighted by atomic mass is 16.5. The summed E-state index contributed by atoms with van der Waals surface area (Å²) < 4.78 is 5.27. The first-order chi connectivity index (χ1) is 10.2. The zero-order valence-electron chi connectivity index (χ0n) is 12.5. The van der Waals surface area contributed by atoms with E-state index in [1.165, 1.54) is 0 Å². The van der Waals surface area contributed by atoms with Gasteiger partial charge in [-0.3, -0.25) is 9.69 Å². The van der Waals surface area contributed by atoms with Crippen LogP contribution in [0.25, 0.3) is 0 Å². The molecule has 1 amide bonds. The summed E-state index contributed by atoms with van der Waals surface area (Å²) in [4.78, 5) is 14.1. The Hall–Kier alpha value is -1.59. The van der Waals surface area contributed by atoms with Gasteiger partial charge in [-0.15, -0.1) is 0 Å². The number of para-hydroxylation sites is 1. The summed E-state index contributed by atoms with van der Waals surface area (Å²) >= 11 is 0. The molecule has 5 heteroatoms. The number of carbonyl (C=O) groups excluding carboxylic acids is 1. The van der Waals surface area contributed by atoms with Crippen LogP contribution < -0.4 is 10.1 Å². The highest BCUT2D eigenvalue weighted by Crippen LogP contribution is 2.17. The molecule has 1 aromatic rings. The normalized spacial score (nSPS) is 16.7. The average Bonchev–Trinajstić information content (AvgIpc) is 2.54. The molecule has 21 heavy (non-hydrogen) atoms. The van der Waals surface area contributed by atoms with Gasteiger partial charge in [-0.1, -0.05) is 18.2 Å². The molecule has 1 saturated heterocycles. The molecule has 1 aliphatic heterocycles. The summed E-state index contributed by atoms with van der Waals surface area (Å²) in [6, 6.07) is 7.69. The Morgan fingerprint density at radius 3 is 2.76 bits per heavy atom. The number of nitrogens with zero attached hydrogens (tertiary/aromatic N) is 1. The number of methoxy groups -OCH3 is 1. The Morgan fingerprint density at radius 2 is 2.10 bits per heavy atom. The molecule has 0 aliphatic carbocycles. The molecule has 0 atom stereocenters. The van der Waals surface area contributed by atoms with E-state index in [1.54, 1.807) is 7.11 Å². The maximum atomic E-state index is 12.0. The first kappa shape index (κ1) is 15.8. The zero-order valence-corrected chi connectivity index (χ0v) is 12.5. The lowest BCUT2D eigenvalue weighted by Crippen LogP contribution is -2.41. The molecule has 1 aliphatic rings. The van der Waals surface area contributed by atoms with Crippen LogP contribution in [0.3, 0.4) is 0 Å². The zero-order chi connectivity index (χ0) is 15.1. The number of piperidine rings is 1. The summed E-state index contributed by atoms with van der Waals surface area (Å²) in [5.41, 5.74) is 0.979. The van der Waals surface area contributed by atoms with Crippen LogP contribution in [0.4, 0.5) is 0 Å². The molecule has 0 radical (unpaired) electrons. The number of likely N-dealkylation sites (tertiary alicyclic amines) is 1. The van der Waals surface area contributed by atoms with Crippen molar-refractivity contribution in [2.45, 2.75) is 19.4 Å². The number of rotatable bonds is 6. The van der Waals surface area contributed by atoms with Gasteiger partial charge in [-0.2, -0.15) is 0 Å². The lowest BCUT2D eigenvalue weighted by atomic mass is 9.98. The first-order valence-electron chi connectivity index (χ1n) is 7.44. The van der Waals surface area contributed by atoms with Crippen LogP contribution >= 0.6 is 0 Å². The predicted octanol–water partition coefficient (Wildman–Crippen LogP) is 1.02. The molecule has 0 unspecified atom stereocenters. The van der Waals surface area contributed by atoms with Crippen molar-refractivity contribution in [2.24, 2.45) is 5.92 Å². The van der Waals surface area contributed by atoms with Crippen LogP contribution in [0.15, 0.2) is 24.3 Å². The van der Waals surface area contributed by atoms with Gasteiger partial charge >= 0.3 is 0 Å². The van der Waals surface area contributed by atoms with Crippen LogP contribution in [0.5, 0.6) is 5.75 Å². The van der Waals surface area contributed by atoms with Crippen molar-refractivity contribution in [2.75, 3.05) is 33.4 Å². The third kappa shape index (κ3) is 4.72. The number of carbonyl (C=O) groups is 1. The van der Waals surface area contributed by atoms with E-state index in [2.05, 4.69) is 10.2 Å². The van der Waals surface area contributed by atoms with Crippen molar-refractivity contribution in [1.82, 2.24) is 10.2 Å². The lowest BCUT2D eigenvalue weighted by molar-refractivity contribution is -0.122. The second kappa shape index (κ2) is 8.00. The minimum Gasteiger partial charge on any atom is -0.496 e. The number of hydrogen-bond acceptors (Lipinski definition) is 4. The topological polar surface area (TPSA) is 61.8 Å². The predicted molar refractivity (Wildman–Crippen MR) is 81.1 cm³/mol. The molecule has 0 bridgehead atoms. The highest BCUT2D eigenvalue weighted by molar-refractivity contribution is 5.78. The number of hydrogen-bond donors (Lipinski definition) is 2. The third-order valence-electron chi connectivity index (χ3n) is 4.00. The number of ether oxygens (including phenoxy) is 1. The van der Waals surface area contributed by atoms with E-state index >= 15 is 0 Å². The summed E-state index contributed by atoms with van der Waals surface area (Å²) in [5, 5.41) is 12.0. The first-order valence-corrected chi connectivity index (χ1v) is 7.44. The molecular weight excluding hydrogens is 268 g/mol. The van der Waals surface area contributed by atoms with Crippen LogP contribution in [-0.4, -0.2) is 49.3 Å². The van der Waals surface area contributed by atoms with Gasteiger partial charge in [-0.05, 0) is 37.9 Å². The van der Waals surface area contributed by atoms with Crippen LogP contribution in [0.2, 0.25) is 0 Å². The standard InChI is InChI=1S/C16H24N2O3/c1-21-15-5-3-2-4-14(15)10-17-16(20)11-18-8-6-13(12-19)7-9-18/h2-5,13,19H,6-12H2,1H3,(H,17,20). The van der Waals surface area contributed by atoms with Gasteiger partial charge in [-0.25, -0.2) is 0 Å². The Morgan fingerprint density at radius 1 is 1.38 bits per heavy atom. The van der Waals surface area contributed by atoms with Crippen molar-refractivity contribution in [1.29, 1.82) is 0 Å². The number of nitrogens with one attached hydrogen (secondary N) is 1.